The number of halogens is 2. The second-order valence-corrected chi connectivity index (χ2v) is 4.35. The molecule has 3 unspecified atom stereocenters. The molecule has 0 aromatic heterocycles. The predicted octanol–water partition coefficient (Wildman–Crippen LogP) is 0.841. The van der Waals surface area contributed by atoms with Crippen LogP contribution in [0.3, 0.4) is 0 Å². The molecule has 6 heteroatoms. The highest BCUT2D eigenvalue weighted by Gasteiger charge is 2.52. The molecule has 2 aliphatic rings. The zero-order valence-electron chi connectivity index (χ0n) is 9.12. The van der Waals surface area contributed by atoms with Gasteiger partial charge in [-0.3, -0.25) is 0 Å². The molecule has 2 saturated heterocycles. The van der Waals surface area contributed by atoms with Gasteiger partial charge in [-0.1, -0.05) is 6.58 Å². The molecule has 0 amide bonds. The average Bonchev–Trinajstić information content (AvgIpc) is 2.39. The van der Waals surface area contributed by atoms with Crippen molar-refractivity contribution in [1.82, 2.24) is 10.2 Å². The van der Waals surface area contributed by atoms with Gasteiger partial charge >= 0.3 is 0 Å². The van der Waals surface area contributed by atoms with Gasteiger partial charge in [0.25, 0.3) is 5.92 Å². The molecule has 16 heavy (non-hydrogen) atoms. The third-order valence-electron chi connectivity index (χ3n) is 2.89. The number of nitrogens with one attached hydrogen (secondary N) is 1. The smallest absolute Gasteiger partial charge is 0.294 e. The summed E-state index contributed by atoms with van der Waals surface area (Å²) in [5.41, 5.74) is 0. The Hall–Kier alpha value is -0.880. The van der Waals surface area contributed by atoms with Crippen LogP contribution in [-0.4, -0.2) is 41.0 Å². The van der Waals surface area contributed by atoms with Crippen molar-refractivity contribution in [2.45, 2.75) is 44.2 Å². The number of aliphatic hydroxyl groups is 1. The first-order valence-electron chi connectivity index (χ1n) is 5.33. The van der Waals surface area contributed by atoms with Gasteiger partial charge in [0.05, 0.1) is 11.9 Å². The van der Waals surface area contributed by atoms with Crippen LogP contribution in [0.1, 0.15) is 19.8 Å². The van der Waals surface area contributed by atoms with Crippen molar-refractivity contribution in [2.75, 3.05) is 6.54 Å². The van der Waals surface area contributed by atoms with Gasteiger partial charge in [0.2, 0.25) is 0 Å². The monoisotopic (exact) mass is 234 g/mol. The van der Waals surface area contributed by atoms with Gasteiger partial charge < -0.3 is 20.1 Å². The van der Waals surface area contributed by atoms with Crippen LogP contribution in [-0.2, 0) is 4.74 Å². The normalized spacial score (nSPS) is 38.6. The molecule has 92 valence electrons. The lowest BCUT2D eigenvalue weighted by Crippen LogP contribution is -2.53. The van der Waals surface area contributed by atoms with Crippen molar-refractivity contribution in [3.05, 3.63) is 12.4 Å². The van der Waals surface area contributed by atoms with E-state index in [1.54, 1.807) is 6.92 Å². The molecule has 0 aromatic rings. The quantitative estimate of drug-likeness (QED) is 0.705. The van der Waals surface area contributed by atoms with Crippen molar-refractivity contribution in [1.29, 1.82) is 0 Å². The molecule has 2 heterocycles. The second-order valence-electron chi connectivity index (χ2n) is 4.35. The second kappa shape index (κ2) is 3.85. The van der Waals surface area contributed by atoms with E-state index in [1.807, 2.05) is 0 Å². The van der Waals surface area contributed by atoms with E-state index in [2.05, 4.69) is 11.9 Å². The Kier molecular flexibility index (Phi) is 2.79. The predicted molar refractivity (Wildman–Crippen MR) is 53.5 cm³/mol. The SMILES string of the molecule is C=C1NC(O)CCN1C1OC(C)CC1(F)F. The van der Waals surface area contributed by atoms with Crippen LogP contribution >= 0.6 is 0 Å². The summed E-state index contributed by atoms with van der Waals surface area (Å²) in [7, 11) is 0. The van der Waals surface area contributed by atoms with Crippen molar-refractivity contribution >= 4 is 0 Å². The summed E-state index contributed by atoms with van der Waals surface area (Å²) in [5, 5.41) is 11.9. The highest BCUT2D eigenvalue weighted by atomic mass is 19.3. The zero-order chi connectivity index (χ0) is 11.9. The Morgan fingerprint density at radius 3 is 2.81 bits per heavy atom. The van der Waals surface area contributed by atoms with Gasteiger partial charge in [0.15, 0.2) is 6.23 Å². The molecule has 0 saturated carbocycles. The topological polar surface area (TPSA) is 44.7 Å². The molecule has 4 nitrogen and oxygen atoms in total. The zero-order valence-corrected chi connectivity index (χ0v) is 9.12. The van der Waals surface area contributed by atoms with Crippen LogP contribution in [0.4, 0.5) is 8.78 Å². The lowest BCUT2D eigenvalue weighted by atomic mass is 10.1. The fraction of sp³-hybridized carbons (Fsp3) is 0.800. The van der Waals surface area contributed by atoms with E-state index >= 15 is 0 Å². The van der Waals surface area contributed by atoms with E-state index in [0.29, 0.717) is 13.0 Å². The molecule has 2 aliphatic heterocycles. The fourth-order valence-electron chi connectivity index (χ4n) is 2.16. The molecule has 0 aromatic carbocycles. The van der Waals surface area contributed by atoms with Crippen molar-refractivity contribution in [3.63, 3.8) is 0 Å². The van der Waals surface area contributed by atoms with Gasteiger partial charge in [-0.05, 0) is 6.92 Å². The Labute approximate surface area is 92.9 Å². The summed E-state index contributed by atoms with van der Waals surface area (Å²) in [4.78, 5) is 1.39. The summed E-state index contributed by atoms with van der Waals surface area (Å²) in [6.45, 7) is 5.57. The van der Waals surface area contributed by atoms with E-state index in [4.69, 9.17) is 4.74 Å². The van der Waals surface area contributed by atoms with E-state index in [1.165, 1.54) is 4.90 Å². The van der Waals surface area contributed by atoms with Crippen molar-refractivity contribution < 1.29 is 18.6 Å². The van der Waals surface area contributed by atoms with Crippen LogP contribution in [0.2, 0.25) is 0 Å². The third kappa shape index (κ3) is 1.99. The molecular formula is C10H16F2N2O2. The Morgan fingerprint density at radius 2 is 2.31 bits per heavy atom. The molecule has 2 fully saturated rings. The number of rotatable bonds is 1. The molecule has 0 bridgehead atoms. The lowest BCUT2D eigenvalue weighted by molar-refractivity contribution is -0.150. The van der Waals surface area contributed by atoms with Crippen LogP contribution in [0.25, 0.3) is 0 Å². The summed E-state index contributed by atoms with van der Waals surface area (Å²) in [6.07, 6.45) is -2.33. The standard InChI is InChI=1S/C10H16F2N2O2/c1-6-5-10(11,12)9(16-6)14-4-3-8(15)13-7(14)2/h6,8-9,13,15H,2-5H2,1H3. The highest BCUT2D eigenvalue weighted by molar-refractivity contribution is 5.02. The largest absolute Gasteiger partial charge is 0.374 e. The number of ether oxygens (including phenoxy) is 1. The van der Waals surface area contributed by atoms with Gasteiger partial charge in [-0.2, -0.15) is 0 Å². The molecule has 0 spiro atoms. The molecule has 2 rings (SSSR count). The first kappa shape index (κ1) is 11.6. The van der Waals surface area contributed by atoms with E-state index < -0.39 is 24.5 Å². The average molecular weight is 234 g/mol. The first-order chi connectivity index (χ1) is 7.40. The lowest BCUT2D eigenvalue weighted by Gasteiger charge is -2.39. The molecule has 2 N–H and O–H groups in total. The molecular weight excluding hydrogens is 218 g/mol. The number of nitrogens with zero attached hydrogens (tertiary/aromatic N) is 1. The fourth-order valence-corrected chi connectivity index (χ4v) is 2.16. The van der Waals surface area contributed by atoms with Gasteiger partial charge in [-0.25, -0.2) is 8.78 Å². The molecule has 3 atom stereocenters. The number of hydrogen-bond acceptors (Lipinski definition) is 4. The summed E-state index contributed by atoms with van der Waals surface area (Å²) in [6, 6.07) is 0. The minimum absolute atomic E-state index is 0.274. The summed E-state index contributed by atoms with van der Waals surface area (Å²) < 4.78 is 32.4. The number of hydrogen-bond donors (Lipinski definition) is 2. The highest BCUT2D eigenvalue weighted by Crippen LogP contribution is 2.38. The minimum atomic E-state index is -2.87. The maximum absolute atomic E-state index is 13.6. The van der Waals surface area contributed by atoms with Crippen LogP contribution < -0.4 is 5.32 Å². The number of aliphatic hydroxyl groups excluding tert-OH is 1. The maximum atomic E-state index is 13.6. The third-order valence-corrected chi connectivity index (χ3v) is 2.89. The Bertz CT molecular complexity index is 299. The van der Waals surface area contributed by atoms with Gasteiger partial charge in [0, 0.05) is 19.4 Å². The van der Waals surface area contributed by atoms with Crippen molar-refractivity contribution in [3.8, 4) is 0 Å². The first-order valence-corrected chi connectivity index (χ1v) is 5.33. The Morgan fingerprint density at radius 1 is 1.62 bits per heavy atom. The van der Waals surface area contributed by atoms with Crippen LogP contribution in [0, 0.1) is 0 Å². The van der Waals surface area contributed by atoms with Crippen LogP contribution in [0.15, 0.2) is 12.4 Å². The summed E-state index contributed by atoms with van der Waals surface area (Å²) >= 11 is 0. The van der Waals surface area contributed by atoms with Crippen LogP contribution in [0.5, 0.6) is 0 Å². The minimum Gasteiger partial charge on any atom is -0.374 e. The summed E-state index contributed by atoms with van der Waals surface area (Å²) in [5.74, 6) is -2.58. The molecule has 0 aliphatic carbocycles. The van der Waals surface area contributed by atoms with E-state index in [0.717, 1.165) is 0 Å². The maximum Gasteiger partial charge on any atom is 0.294 e. The van der Waals surface area contributed by atoms with E-state index in [9.17, 15) is 13.9 Å². The van der Waals surface area contributed by atoms with Gasteiger partial charge in [-0.15, -0.1) is 0 Å². The number of alkyl halides is 2. The molecule has 0 radical (unpaired) electrons. The van der Waals surface area contributed by atoms with E-state index in [-0.39, 0.29) is 12.2 Å². The van der Waals surface area contributed by atoms with Gasteiger partial charge in [0.1, 0.15) is 6.23 Å². The van der Waals surface area contributed by atoms with Crippen molar-refractivity contribution in [2.24, 2.45) is 0 Å². The Balaban J connectivity index is 2.10.